The number of aromatic nitrogens is 5. The molecule has 1 unspecified atom stereocenters. The minimum atomic E-state index is -0.445. The largest absolute Gasteiger partial charge is 0.301 e. The molecule has 1 N–H and O–H groups in total. The fraction of sp³-hybridized carbons (Fsp3) is 0.0870. The molecule has 3 aromatic heterocycles. The Hall–Kier alpha value is -3.91. The highest BCUT2D eigenvalue weighted by atomic mass is 32.1. The number of benzene rings is 2. The molecule has 0 aliphatic heterocycles. The molecular weight excluding hydrogens is 408 g/mol. The molecule has 1 atom stereocenters. The van der Waals surface area contributed by atoms with Crippen LogP contribution in [0.3, 0.4) is 0 Å². The highest BCUT2D eigenvalue weighted by molar-refractivity contribution is 7.14. The lowest BCUT2D eigenvalue weighted by Gasteiger charge is -2.16. The average molecular weight is 427 g/mol. The number of hydrogen-bond donors (Lipinski definition) is 1. The van der Waals surface area contributed by atoms with Gasteiger partial charge in [0.05, 0.1) is 23.7 Å². The number of nitrogens with zero attached hydrogens (tertiary/aromatic N) is 5. The van der Waals surface area contributed by atoms with Crippen LogP contribution in [0.25, 0.3) is 22.3 Å². The lowest BCUT2D eigenvalue weighted by molar-refractivity contribution is -0.117. The van der Waals surface area contributed by atoms with E-state index in [1.165, 1.54) is 11.3 Å². The lowest BCUT2D eigenvalue weighted by Crippen LogP contribution is -2.25. The van der Waals surface area contributed by atoms with Gasteiger partial charge in [-0.15, -0.1) is 16.4 Å². The first-order valence-corrected chi connectivity index (χ1v) is 10.7. The van der Waals surface area contributed by atoms with Gasteiger partial charge in [0.1, 0.15) is 5.52 Å². The Kier molecular flexibility index (Phi) is 5.20. The Morgan fingerprint density at radius 1 is 1.00 bits per heavy atom. The van der Waals surface area contributed by atoms with Crippen LogP contribution in [0.1, 0.15) is 11.5 Å². The van der Waals surface area contributed by atoms with Gasteiger partial charge in [0.2, 0.25) is 5.91 Å². The normalized spacial score (nSPS) is 12.0. The molecule has 0 radical (unpaired) electrons. The second-order valence-corrected chi connectivity index (χ2v) is 7.84. The van der Waals surface area contributed by atoms with Gasteiger partial charge in [-0.1, -0.05) is 47.7 Å². The molecule has 3 heterocycles. The minimum Gasteiger partial charge on any atom is -0.301 e. The van der Waals surface area contributed by atoms with Crippen LogP contribution in [0.5, 0.6) is 0 Å². The molecule has 7 nitrogen and oxygen atoms in total. The lowest BCUT2D eigenvalue weighted by atomic mass is 9.98. The maximum absolute atomic E-state index is 13.3. The van der Waals surface area contributed by atoms with Crippen molar-refractivity contribution >= 4 is 33.4 Å². The van der Waals surface area contributed by atoms with Crippen molar-refractivity contribution in [2.75, 3.05) is 5.32 Å². The van der Waals surface area contributed by atoms with Crippen molar-refractivity contribution in [1.82, 2.24) is 25.0 Å². The summed E-state index contributed by atoms with van der Waals surface area (Å²) in [4.78, 5) is 21.9. The van der Waals surface area contributed by atoms with Crippen molar-refractivity contribution in [3.63, 3.8) is 0 Å². The number of pyridine rings is 1. The molecule has 2 aromatic carbocycles. The van der Waals surface area contributed by atoms with E-state index in [-0.39, 0.29) is 5.91 Å². The van der Waals surface area contributed by atoms with E-state index in [0.29, 0.717) is 11.7 Å². The standard InChI is InChI=1S/C23H18N6OS/c30-22(26-23-25-20(15-31-23)17-10-12-24-13-11-17)18(16-6-2-1-3-7-16)14-29-21-9-5-4-8-19(21)27-28-29/h1-13,15,18H,14H2,(H,25,26,30). The SMILES string of the molecule is O=C(Nc1nc(-c2ccncc2)cs1)C(Cn1nnc2ccccc21)c1ccccc1. The first kappa shape index (κ1) is 19.1. The van der Waals surface area contributed by atoms with E-state index in [0.717, 1.165) is 27.9 Å². The third kappa shape index (κ3) is 4.06. The summed E-state index contributed by atoms with van der Waals surface area (Å²) in [5.74, 6) is -0.582. The summed E-state index contributed by atoms with van der Waals surface area (Å²) < 4.78 is 1.77. The van der Waals surface area contributed by atoms with Gasteiger partial charge >= 0.3 is 0 Å². The van der Waals surface area contributed by atoms with E-state index in [1.807, 2.05) is 72.1 Å². The topological polar surface area (TPSA) is 85.6 Å². The Morgan fingerprint density at radius 2 is 1.77 bits per heavy atom. The summed E-state index contributed by atoms with van der Waals surface area (Å²) in [7, 11) is 0. The van der Waals surface area contributed by atoms with Crippen LogP contribution in [0.4, 0.5) is 5.13 Å². The number of anilines is 1. The predicted molar refractivity (Wildman–Crippen MR) is 121 cm³/mol. The average Bonchev–Trinajstić information content (AvgIpc) is 3.46. The van der Waals surface area contributed by atoms with Crippen molar-refractivity contribution in [2.45, 2.75) is 12.5 Å². The Labute approximate surface area is 182 Å². The van der Waals surface area contributed by atoms with Gasteiger partial charge in [0.25, 0.3) is 0 Å². The number of thiazole rings is 1. The van der Waals surface area contributed by atoms with Gasteiger partial charge in [-0.2, -0.15) is 0 Å². The number of carbonyl (C=O) groups excluding carboxylic acids is 1. The molecule has 0 aliphatic rings. The highest BCUT2D eigenvalue weighted by Crippen LogP contribution is 2.27. The van der Waals surface area contributed by atoms with Gasteiger partial charge < -0.3 is 5.32 Å². The van der Waals surface area contributed by atoms with Crippen LogP contribution in [0, 0.1) is 0 Å². The van der Waals surface area contributed by atoms with Gasteiger partial charge in [-0.3, -0.25) is 9.78 Å². The maximum Gasteiger partial charge on any atom is 0.235 e. The van der Waals surface area contributed by atoms with E-state index < -0.39 is 5.92 Å². The molecule has 1 amide bonds. The number of hydrogen-bond acceptors (Lipinski definition) is 6. The smallest absolute Gasteiger partial charge is 0.235 e. The van der Waals surface area contributed by atoms with E-state index >= 15 is 0 Å². The zero-order valence-corrected chi connectivity index (χ0v) is 17.2. The van der Waals surface area contributed by atoms with Gasteiger partial charge in [-0.25, -0.2) is 9.67 Å². The molecule has 0 saturated carbocycles. The molecule has 0 spiro atoms. The zero-order valence-electron chi connectivity index (χ0n) is 16.4. The third-order valence-electron chi connectivity index (χ3n) is 5.00. The van der Waals surface area contributed by atoms with Crippen molar-refractivity contribution in [3.8, 4) is 11.3 Å². The van der Waals surface area contributed by atoms with E-state index in [1.54, 1.807) is 17.1 Å². The molecule has 0 fully saturated rings. The Balaban J connectivity index is 1.42. The first-order chi connectivity index (χ1) is 15.3. The summed E-state index contributed by atoms with van der Waals surface area (Å²) in [5, 5.41) is 13.9. The molecule has 152 valence electrons. The number of para-hydroxylation sites is 1. The van der Waals surface area contributed by atoms with Crippen LogP contribution < -0.4 is 5.32 Å². The van der Waals surface area contributed by atoms with Gasteiger partial charge in [-0.05, 0) is 29.8 Å². The van der Waals surface area contributed by atoms with Crippen molar-refractivity contribution in [1.29, 1.82) is 0 Å². The quantitative estimate of drug-likeness (QED) is 0.436. The molecule has 0 bridgehead atoms. The molecule has 0 saturated heterocycles. The van der Waals surface area contributed by atoms with Gasteiger partial charge in [0.15, 0.2) is 5.13 Å². The molecule has 5 aromatic rings. The zero-order chi connectivity index (χ0) is 21.0. The molecule has 5 rings (SSSR count). The molecule has 8 heteroatoms. The molecular formula is C23H18N6OS. The van der Waals surface area contributed by atoms with Crippen LogP contribution in [-0.4, -0.2) is 30.9 Å². The maximum atomic E-state index is 13.3. The second kappa shape index (κ2) is 8.45. The summed E-state index contributed by atoms with van der Waals surface area (Å²) >= 11 is 1.40. The number of nitrogens with one attached hydrogen (secondary N) is 1. The van der Waals surface area contributed by atoms with Crippen LogP contribution in [0.2, 0.25) is 0 Å². The summed E-state index contributed by atoms with van der Waals surface area (Å²) in [6.07, 6.45) is 3.45. The monoisotopic (exact) mass is 426 g/mol. The fourth-order valence-electron chi connectivity index (χ4n) is 3.43. The van der Waals surface area contributed by atoms with Crippen LogP contribution >= 0.6 is 11.3 Å². The van der Waals surface area contributed by atoms with Gasteiger partial charge in [0, 0.05) is 23.3 Å². The van der Waals surface area contributed by atoms with E-state index in [9.17, 15) is 4.79 Å². The van der Waals surface area contributed by atoms with Crippen molar-refractivity contribution in [2.24, 2.45) is 0 Å². The van der Waals surface area contributed by atoms with Crippen molar-refractivity contribution < 1.29 is 4.79 Å². The second-order valence-electron chi connectivity index (χ2n) is 6.99. The predicted octanol–water partition coefficient (Wildman–Crippen LogP) is 4.37. The Morgan fingerprint density at radius 3 is 2.61 bits per heavy atom. The first-order valence-electron chi connectivity index (χ1n) is 9.78. The number of amides is 1. The van der Waals surface area contributed by atoms with Crippen LogP contribution in [0.15, 0.2) is 84.5 Å². The minimum absolute atomic E-state index is 0.138. The highest BCUT2D eigenvalue weighted by Gasteiger charge is 2.24. The van der Waals surface area contributed by atoms with Crippen molar-refractivity contribution in [3.05, 3.63) is 90.1 Å². The number of carbonyl (C=O) groups is 1. The van der Waals surface area contributed by atoms with Crippen LogP contribution in [-0.2, 0) is 11.3 Å². The third-order valence-corrected chi connectivity index (χ3v) is 5.76. The van der Waals surface area contributed by atoms with E-state index in [2.05, 4.69) is 25.6 Å². The summed E-state index contributed by atoms with van der Waals surface area (Å²) in [6.45, 7) is 0.374. The van der Waals surface area contributed by atoms with E-state index in [4.69, 9.17) is 0 Å². The molecule has 0 aliphatic carbocycles. The number of fused-ring (bicyclic) bond motifs is 1. The molecule has 31 heavy (non-hydrogen) atoms. The Bertz CT molecular complexity index is 1320. The summed E-state index contributed by atoms with van der Waals surface area (Å²) in [6, 6.07) is 21.2. The fourth-order valence-corrected chi connectivity index (χ4v) is 4.15. The summed E-state index contributed by atoms with van der Waals surface area (Å²) in [5.41, 5.74) is 4.37. The number of rotatable bonds is 6.